The van der Waals surface area contributed by atoms with Gasteiger partial charge in [0.05, 0.1) is 0 Å². The zero-order valence-corrected chi connectivity index (χ0v) is 2.26. The minimum atomic E-state index is 1.20. The second-order valence-electron chi connectivity index (χ2n) is 0.257. The Kier molecular flexibility index (Phi) is 2.14. The van der Waals surface area contributed by atoms with Gasteiger partial charge in [-0.1, -0.05) is 0 Å². The van der Waals surface area contributed by atoms with Crippen molar-refractivity contribution in [2.75, 3.05) is 0 Å². The smallest absolute Gasteiger partial charge is 0.365 e. The molecule has 0 radical (unpaired) electrons. The van der Waals surface area contributed by atoms with Gasteiger partial charge in [0.1, 0.15) is 5.34 Å². The molecule has 0 aliphatic rings. The van der Waals surface area contributed by atoms with Gasteiger partial charge in [0.15, 0.2) is 0 Å². The van der Waals surface area contributed by atoms with Crippen molar-refractivity contribution in [3.05, 3.63) is 4.91 Å². The maximum absolute atomic E-state index is 8.70. The van der Waals surface area contributed by atoms with Crippen LogP contribution in [0.25, 0.3) is 0 Å². The first-order valence-corrected chi connectivity index (χ1v) is 0.773. The van der Waals surface area contributed by atoms with Gasteiger partial charge in [0.25, 0.3) is 0 Å². The number of hydrogen-bond donors (Lipinski definition) is 0. The molecule has 0 aliphatic heterocycles. The van der Waals surface area contributed by atoms with E-state index in [4.69, 9.17) is 4.91 Å². The second-order valence-corrected chi connectivity index (χ2v) is 0.257. The third-order valence-electron chi connectivity index (χ3n) is 0.0745. The van der Waals surface area contributed by atoms with Crippen LogP contribution in [0.4, 0.5) is 0 Å². The molecule has 4 heavy (non-hydrogen) atoms. The highest BCUT2D eigenvalue weighted by atomic mass is 16.7. The molecule has 3 nitrogen and oxygen atoms in total. The van der Waals surface area contributed by atoms with Crippen molar-refractivity contribution in [1.82, 2.24) is 0 Å². The average Bonchev–Trinajstić information content (AvgIpc) is 1.37. The summed E-state index contributed by atoms with van der Waals surface area (Å²) in [6.07, 6.45) is 0. The summed E-state index contributed by atoms with van der Waals surface area (Å²) < 4.78 is 3.61. The van der Waals surface area contributed by atoms with Crippen molar-refractivity contribution in [3.8, 4) is 0 Å². The molecule has 0 fully saturated rings. The first kappa shape index (κ1) is 3.46. The molecule has 0 heterocycles. The minimum Gasteiger partial charge on any atom is -0.449 e. The maximum Gasteiger partial charge on any atom is 0.365 e. The molecule has 4 heteroatoms. The van der Waals surface area contributed by atoms with Gasteiger partial charge in [-0.15, -0.1) is 4.91 Å². The molecule has 0 N–H and O–H groups in total. The minimum absolute atomic E-state index is 1.20. The summed E-state index contributed by atoms with van der Waals surface area (Å²) in [5.41, 5.74) is 0. The van der Waals surface area contributed by atoms with Crippen LogP contribution in [0.2, 0.25) is 0 Å². The molecule has 0 unspecified atom stereocenters. The van der Waals surface area contributed by atoms with E-state index in [-0.39, 0.29) is 0 Å². The Balaban J connectivity index is 2.30. The van der Waals surface area contributed by atoms with Gasteiger partial charge in [0, 0.05) is 0 Å². The topological polar surface area (TPSA) is 38.7 Å². The first-order valence-electron chi connectivity index (χ1n) is 0.773. The third-order valence-corrected chi connectivity index (χ3v) is 0.0745. The Morgan fingerprint density at radius 2 is 2.25 bits per heavy atom. The van der Waals surface area contributed by atoms with E-state index in [1.54, 1.807) is 0 Å². The van der Waals surface area contributed by atoms with Crippen molar-refractivity contribution in [1.29, 1.82) is 0 Å². The summed E-state index contributed by atoms with van der Waals surface area (Å²) >= 11 is 0. The summed E-state index contributed by atoms with van der Waals surface area (Å²) in [6, 6.07) is 0. The average molecular weight is 58.8 g/mol. The van der Waals surface area contributed by atoms with E-state index in [1.165, 1.54) is 8.05 Å². The van der Waals surface area contributed by atoms with E-state index in [2.05, 4.69) is 4.76 Å². The lowest BCUT2D eigenvalue weighted by atomic mass is 10.6. The van der Waals surface area contributed by atoms with Gasteiger partial charge in [-0.05, 0) is 0 Å². The predicted molar refractivity (Wildman–Crippen MR) is 15.4 cm³/mol. The molecule has 0 aliphatic carbocycles. The highest BCUT2D eigenvalue weighted by Crippen LogP contribution is 1.50. The standard InChI is InChI=1S/BH2NO2/c1-4-2-3/h1H2. The lowest BCUT2D eigenvalue weighted by Gasteiger charge is -1.64. The van der Waals surface area contributed by atoms with Crippen LogP contribution in [0, 0.1) is 4.91 Å². The second kappa shape index (κ2) is 2.46. The van der Waals surface area contributed by atoms with Crippen molar-refractivity contribution in [2.24, 2.45) is 5.34 Å². The van der Waals surface area contributed by atoms with E-state index in [0.29, 0.717) is 0 Å². The molecule has 0 aromatic carbocycles. The summed E-state index contributed by atoms with van der Waals surface area (Å²) in [7, 11) is 1.20. The van der Waals surface area contributed by atoms with Crippen LogP contribution < -0.4 is 0 Å². The van der Waals surface area contributed by atoms with E-state index in [9.17, 15) is 0 Å². The van der Waals surface area contributed by atoms with Gasteiger partial charge >= 0.3 is 8.05 Å². The molecule has 0 spiro atoms. The zero-order chi connectivity index (χ0) is 3.41. The largest absolute Gasteiger partial charge is 0.449 e. The highest BCUT2D eigenvalue weighted by Gasteiger charge is 1.46. The normalized spacial score (nSPS) is 5.00. The van der Waals surface area contributed by atoms with Crippen LogP contribution in [0.1, 0.15) is 0 Å². The molecule has 0 bridgehead atoms. The Bertz CT molecular complexity index is 20.0. The van der Waals surface area contributed by atoms with Crippen molar-refractivity contribution < 1.29 is 4.76 Å². The molecule has 0 rings (SSSR count). The summed E-state index contributed by atoms with van der Waals surface area (Å²) in [4.78, 5) is 8.70. The van der Waals surface area contributed by atoms with Gasteiger partial charge in [-0.3, -0.25) is 0 Å². The van der Waals surface area contributed by atoms with Gasteiger partial charge in [0.2, 0.25) is 0 Å². The highest BCUT2D eigenvalue weighted by molar-refractivity contribution is 5.97. The summed E-state index contributed by atoms with van der Waals surface area (Å²) in [5, 5.41) is 1.99. The van der Waals surface area contributed by atoms with Crippen LogP contribution in [-0.2, 0) is 4.76 Å². The third kappa shape index (κ3) is 1.46. The Hall–Kier alpha value is -0.535. The maximum atomic E-state index is 8.70. The van der Waals surface area contributed by atoms with Gasteiger partial charge in [-0.2, -0.15) is 0 Å². The van der Waals surface area contributed by atoms with E-state index >= 15 is 0 Å². The number of hydrogen-bond acceptors (Lipinski definition) is 3. The molecule has 0 atom stereocenters. The van der Waals surface area contributed by atoms with E-state index in [1.807, 2.05) is 5.34 Å². The van der Waals surface area contributed by atoms with Crippen molar-refractivity contribution in [3.63, 3.8) is 0 Å². The molecule has 22 valence electrons. The molecule has 0 aromatic rings. The lowest BCUT2D eigenvalue weighted by Crippen LogP contribution is -1.58. The zero-order valence-electron chi connectivity index (χ0n) is 2.26. The van der Waals surface area contributed by atoms with Crippen LogP contribution in [0.15, 0.2) is 5.34 Å². The molecular formula is H2BNO2. The molecule has 0 amide bonds. The van der Waals surface area contributed by atoms with Crippen molar-refractivity contribution >= 4 is 8.05 Å². The SMILES string of the molecule is BON=O. The molecule has 0 aromatic heterocycles. The Morgan fingerprint density at radius 3 is 2.25 bits per heavy atom. The Labute approximate surface area is 24.3 Å². The quantitative estimate of drug-likeness (QED) is 0.226. The Morgan fingerprint density at radius 1 is 2.00 bits per heavy atom. The monoisotopic (exact) mass is 59.0 g/mol. The fourth-order valence-corrected chi connectivity index (χ4v) is 0. The van der Waals surface area contributed by atoms with Gasteiger partial charge in [-0.25, -0.2) is 0 Å². The number of rotatable bonds is 1. The van der Waals surface area contributed by atoms with Gasteiger partial charge < -0.3 is 4.76 Å². The molecular weight excluding hydrogens is 56.8 g/mol. The van der Waals surface area contributed by atoms with E-state index < -0.39 is 0 Å². The van der Waals surface area contributed by atoms with Crippen LogP contribution >= 0.6 is 0 Å². The molecule has 0 saturated carbocycles. The predicted octanol–water partition coefficient (Wildman–Crippen LogP) is -0.768. The van der Waals surface area contributed by atoms with E-state index in [0.717, 1.165) is 0 Å². The fourth-order valence-electron chi connectivity index (χ4n) is 0. The summed E-state index contributed by atoms with van der Waals surface area (Å²) in [5.74, 6) is 0. The summed E-state index contributed by atoms with van der Waals surface area (Å²) in [6.45, 7) is 0. The van der Waals surface area contributed by atoms with Crippen LogP contribution in [0.5, 0.6) is 0 Å². The van der Waals surface area contributed by atoms with Crippen LogP contribution in [0.3, 0.4) is 0 Å². The first-order chi connectivity index (χ1) is 1.91. The molecule has 0 saturated heterocycles. The fraction of sp³-hybridized carbons (Fsp3) is 0. The lowest BCUT2D eigenvalue weighted by molar-refractivity contribution is 0.371. The van der Waals surface area contributed by atoms with Crippen molar-refractivity contribution in [2.45, 2.75) is 0 Å². The van der Waals surface area contributed by atoms with Crippen LogP contribution in [-0.4, -0.2) is 8.05 Å². The number of nitrogens with zero attached hydrogens (tertiary/aromatic N) is 1.